The smallest absolute Gasteiger partial charge is 0.122 e. The molecule has 24 heavy (non-hydrogen) atoms. The highest BCUT2D eigenvalue weighted by Gasteiger charge is 2.54. The molecule has 0 radical (unpaired) electrons. The van der Waals surface area contributed by atoms with Crippen LogP contribution in [-0.4, -0.2) is 13.0 Å². The van der Waals surface area contributed by atoms with Crippen molar-refractivity contribution in [2.45, 2.75) is 51.9 Å². The van der Waals surface area contributed by atoms with Crippen molar-refractivity contribution in [2.75, 3.05) is 6.61 Å². The van der Waals surface area contributed by atoms with Crippen molar-refractivity contribution < 1.29 is 9.63 Å². The summed E-state index contributed by atoms with van der Waals surface area (Å²) < 4.78 is 12.7. The molecule has 6 unspecified atom stereocenters. The molecule has 2 nitrogen and oxygen atoms in total. The van der Waals surface area contributed by atoms with Crippen LogP contribution in [0.1, 0.15) is 56.6 Å². The number of benzene rings is 1. The number of hydrogen-bond acceptors (Lipinski definition) is 2. The van der Waals surface area contributed by atoms with E-state index in [2.05, 4.69) is 38.1 Å². The van der Waals surface area contributed by atoms with Crippen molar-refractivity contribution in [1.29, 1.82) is 1.28 Å². The van der Waals surface area contributed by atoms with E-state index in [1.54, 1.807) is 0 Å². The summed E-state index contributed by atoms with van der Waals surface area (Å²) in [5, 5.41) is 9.41. The van der Waals surface area contributed by atoms with Crippen molar-refractivity contribution in [3.8, 4) is 5.75 Å². The summed E-state index contributed by atoms with van der Waals surface area (Å²) in [7, 11) is -0.241. The summed E-state index contributed by atoms with van der Waals surface area (Å²) in [4.78, 5) is 0. The SMILES string of the molecule is [3H]POc1ccc2c(c1)CC(C)C1C2CCC2(C)/C(=C/CO)CCC12. The first-order chi connectivity index (χ1) is 12.1. The van der Waals surface area contributed by atoms with Gasteiger partial charge in [-0.15, -0.1) is 0 Å². The second kappa shape index (κ2) is 6.15. The molecule has 1 N–H and O–H groups in total. The van der Waals surface area contributed by atoms with Gasteiger partial charge < -0.3 is 9.63 Å². The van der Waals surface area contributed by atoms with Gasteiger partial charge in [0.15, 0.2) is 0 Å². The first kappa shape index (κ1) is 15.4. The second-order valence-corrected chi connectivity index (χ2v) is 8.55. The minimum Gasteiger partial charge on any atom is -0.480 e. The molecule has 6 atom stereocenters. The van der Waals surface area contributed by atoms with E-state index in [9.17, 15) is 5.11 Å². The van der Waals surface area contributed by atoms with E-state index < -0.39 is 0 Å². The number of fused-ring (bicyclic) bond motifs is 5. The van der Waals surface area contributed by atoms with E-state index in [0.717, 1.165) is 24.0 Å². The van der Waals surface area contributed by atoms with Gasteiger partial charge >= 0.3 is 0 Å². The van der Waals surface area contributed by atoms with Gasteiger partial charge in [-0.3, -0.25) is 0 Å². The average Bonchev–Trinajstić information content (AvgIpc) is 2.92. The van der Waals surface area contributed by atoms with E-state index in [0.29, 0.717) is 17.3 Å². The molecule has 0 heterocycles. The first-order valence-electron chi connectivity index (χ1n) is 9.85. The molecule has 1 aromatic carbocycles. The molecule has 2 fully saturated rings. The van der Waals surface area contributed by atoms with Crippen LogP contribution >= 0.6 is 9.41 Å². The van der Waals surface area contributed by atoms with Crippen LogP contribution in [0.4, 0.5) is 0 Å². The largest absolute Gasteiger partial charge is 0.480 e. The minimum absolute atomic E-state index is 0.184. The van der Waals surface area contributed by atoms with Crippen molar-refractivity contribution >= 4 is 9.41 Å². The van der Waals surface area contributed by atoms with Gasteiger partial charge in [0.1, 0.15) is 5.75 Å². The van der Waals surface area contributed by atoms with E-state index >= 15 is 0 Å². The monoisotopic (exact) mass is 346 g/mol. The summed E-state index contributed by atoms with van der Waals surface area (Å²) in [5.74, 6) is 3.70. The first-order valence-corrected chi connectivity index (χ1v) is 9.76. The van der Waals surface area contributed by atoms with Crippen LogP contribution in [0.3, 0.4) is 0 Å². The van der Waals surface area contributed by atoms with Gasteiger partial charge in [0.2, 0.25) is 0 Å². The summed E-state index contributed by atoms with van der Waals surface area (Å²) in [6.07, 6.45) is 8.15. The molecule has 3 heteroatoms. The predicted octanol–water partition coefficient (Wildman–Crippen LogP) is 4.88. The van der Waals surface area contributed by atoms with Crippen LogP contribution in [0, 0.1) is 23.2 Å². The Balaban J connectivity index is 1.68. The van der Waals surface area contributed by atoms with Crippen molar-refractivity contribution in [2.24, 2.45) is 23.2 Å². The van der Waals surface area contributed by atoms with E-state index in [-0.39, 0.29) is 16.0 Å². The zero-order valence-corrected chi connectivity index (χ0v) is 15.7. The highest BCUT2D eigenvalue weighted by Crippen LogP contribution is 2.63. The Morgan fingerprint density at radius 2 is 2.33 bits per heavy atom. The fraction of sp³-hybridized carbons (Fsp3) is 0.619. The quantitative estimate of drug-likeness (QED) is 0.624. The summed E-state index contributed by atoms with van der Waals surface area (Å²) in [6, 6.07) is 6.52. The predicted molar refractivity (Wildman–Crippen MR) is 101 cm³/mol. The molecule has 0 aliphatic heterocycles. The van der Waals surface area contributed by atoms with Crippen LogP contribution in [0.25, 0.3) is 0 Å². The second-order valence-electron chi connectivity index (χ2n) is 8.34. The van der Waals surface area contributed by atoms with Crippen LogP contribution in [0.5, 0.6) is 5.75 Å². The Labute approximate surface area is 149 Å². The molecule has 0 aromatic heterocycles. The maximum Gasteiger partial charge on any atom is 0.122 e. The van der Waals surface area contributed by atoms with Crippen LogP contribution in [0.15, 0.2) is 29.8 Å². The van der Waals surface area contributed by atoms with Crippen LogP contribution < -0.4 is 4.52 Å². The lowest BCUT2D eigenvalue weighted by Gasteiger charge is -2.52. The summed E-state index contributed by atoms with van der Waals surface area (Å²) in [6.45, 7) is 5.07. The number of rotatable bonds is 3. The van der Waals surface area contributed by atoms with Gasteiger partial charge in [-0.05, 0) is 84.5 Å². The normalized spacial score (nSPS) is 40.3. The fourth-order valence-corrected chi connectivity index (χ4v) is 6.44. The third-order valence-electron chi connectivity index (χ3n) is 7.35. The fourth-order valence-electron chi connectivity index (χ4n) is 6.31. The standard InChI is InChI=1S/C21H29O2P/c1-13-11-14-12-16(23-24)4-5-17(14)18-7-9-21(2)15(8-10-22)3-6-19(21)20(13)18/h4-5,8,12-13,18-20,22H,3,6-7,9-11,24H2,1-2H3/b15-8+/i24T. The molecule has 0 spiro atoms. The van der Waals surface area contributed by atoms with Gasteiger partial charge in [-0.25, -0.2) is 0 Å². The van der Waals surface area contributed by atoms with Gasteiger partial charge in [0.05, 0.1) is 17.3 Å². The molecule has 4 rings (SSSR count). The zero-order valence-electron chi connectivity index (χ0n) is 15.7. The highest BCUT2D eigenvalue weighted by molar-refractivity contribution is 7.10. The Morgan fingerprint density at radius 1 is 1.46 bits per heavy atom. The molecule has 0 saturated heterocycles. The maximum atomic E-state index is 9.41. The zero-order chi connectivity index (χ0) is 17.6. The number of aliphatic hydroxyl groups excluding tert-OH is 1. The average molecular weight is 346 g/mol. The van der Waals surface area contributed by atoms with Crippen molar-refractivity contribution in [3.05, 3.63) is 41.0 Å². The van der Waals surface area contributed by atoms with Gasteiger partial charge in [-0.1, -0.05) is 31.6 Å². The Morgan fingerprint density at radius 3 is 3.12 bits per heavy atom. The van der Waals surface area contributed by atoms with E-state index in [1.807, 2.05) is 0 Å². The molecule has 0 bridgehead atoms. The van der Waals surface area contributed by atoms with E-state index in [4.69, 9.17) is 5.80 Å². The number of aliphatic hydroxyl groups is 1. The van der Waals surface area contributed by atoms with Crippen molar-refractivity contribution in [1.82, 2.24) is 0 Å². The van der Waals surface area contributed by atoms with Gasteiger partial charge in [-0.2, -0.15) is 0 Å². The Hall–Kier alpha value is -0.850. The lowest BCUT2D eigenvalue weighted by atomic mass is 9.52. The van der Waals surface area contributed by atoms with Crippen LogP contribution in [-0.2, 0) is 6.42 Å². The molecule has 130 valence electrons. The Kier molecular flexibility index (Phi) is 3.95. The molecule has 3 aliphatic carbocycles. The lowest BCUT2D eigenvalue weighted by molar-refractivity contribution is 0.0488. The summed E-state index contributed by atoms with van der Waals surface area (Å²) >= 11 is 0. The molecule has 2 saturated carbocycles. The topological polar surface area (TPSA) is 29.5 Å². The van der Waals surface area contributed by atoms with Gasteiger partial charge in [0, 0.05) is 0 Å². The number of allylic oxidation sites excluding steroid dienone is 1. The Bertz CT molecular complexity index is 688. The molecule has 3 aliphatic rings. The highest BCUT2D eigenvalue weighted by atomic mass is 31.0. The third-order valence-corrected chi connectivity index (χ3v) is 7.58. The molecule has 1 aromatic rings. The van der Waals surface area contributed by atoms with Crippen LogP contribution in [0.2, 0.25) is 0 Å². The van der Waals surface area contributed by atoms with Crippen molar-refractivity contribution in [3.63, 3.8) is 0 Å². The number of hydrogen-bond donors (Lipinski definition) is 1. The third kappa shape index (κ3) is 2.37. The molecule has 0 amide bonds. The lowest BCUT2D eigenvalue weighted by Crippen LogP contribution is -2.43. The summed E-state index contributed by atoms with van der Waals surface area (Å²) in [5.41, 5.74) is 4.78. The maximum absolute atomic E-state index is 9.41. The minimum atomic E-state index is -0.241. The molecular weight excluding hydrogens is 315 g/mol. The van der Waals surface area contributed by atoms with Gasteiger partial charge in [0.25, 0.3) is 0 Å². The molecular formula is C21H29O2P. The van der Waals surface area contributed by atoms with E-state index in [1.165, 1.54) is 42.4 Å².